The second-order valence-electron chi connectivity index (χ2n) is 11.3. The second-order valence-corrected chi connectivity index (χ2v) is 11.3. The number of nitrogens with zero attached hydrogens (tertiary/aromatic N) is 2. The molecule has 4 aromatic carbocycles. The predicted molar refractivity (Wildman–Crippen MR) is 159 cm³/mol. The van der Waals surface area contributed by atoms with E-state index in [2.05, 4.69) is 111 Å². The molecule has 4 nitrogen and oxygen atoms in total. The SMILES string of the molecule is COc1ccc(N2CCN(c3c(C)c(C)c4c(c3C)C(c3cccc5ccccc35)C(C)(C)O4)CC2)cc1. The van der Waals surface area contributed by atoms with Crippen LogP contribution in [0, 0.1) is 20.8 Å². The summed E-state index contributed by atoms with van der Waals surface area (Å²) in [6.45, 7) is 15.3. The average Bonchev–Trinajstić information content (AvgIpc) is 3.23. The molecule has 0 saturated carbocycles. The Labute approximate surface area is 226 Å². The minimum atomic E-state index is -0.333. The van der Waals surface area contributed by atoms with Crippen LogP contribution < -0.4 is 19.3 Å². The molecule has 1 atom stereocenters. The fraction of sp³-hybridized carbons (Fsp3) is 0.353. The first kappa shape index (κ1) is 24.7. The van der Waals surface area contributed by atoms with Crippen molar-refractivity contribution in [2.24, 2.45) is 0 Å². The predicted octanol–water partition coefficient (Wildman–Crippen LogP) is 7.40. The molecule has 0 aromatic heterocycles. The smallest absolute Gasteiger partial charge is 0.127 e. The first-order valence-corrected chi connectivity index (χ1v) is 13.7. The Kier molecular flexibility index (Phi) is 6.02. The Morgan fingerprint density at radius 3 is 2.13 bits per heavy atom. The zero-order chi connectivity index (χ0) is 26.6. The Morgan fingerprint density at radius 2 is 1.42 bits per heavy atom. The zero-order valence-corrected chi connectivity index (χ0v) is 23.5. The first-order chi connectivity index (χ1) is 18.3. The van der Waals surface area contributed by atoms with Crippen LogP contribution in [0.4, 0.5) is 11.4 Å². The van der Waals surface area contributed by atoms with Crippen LogP contribution in [0.3, 0.4) is 0 Å². The van der Waals surface area contributed by atoms with Crippen molar-refractivity contribution >= 4 is 22.1 Å². The maximum absolute atomic E-state index is 6.80. The summed E-state index contributed by atoms with van der Waals surface area (Å²) in [5.74, 6) is 2.16. The molecule has 0 radical (unpaired) electrons. The number of benzene rings is 4. The second kappa shape index (κ2) is 9.27. The molecule has 4 aromatic rings. The summed E-state index contributed by atoms with van der Waals surface area (Å²) in [5.41, 5.74) is 9.01. The molecule has 1 unspecified atom stereocenters. The Hall–Kier alpha value is -3.66. The zero-order valence-electron chi connectivity index (χ0n) is 23.5. The topological polar surface area (TPSA) is 24.9 Å². The standard InChI is InChI=1S/C34H38N2O2/c1-22-23(2)33-30(31(34(4,5)38-33)29-13-9-11-25-10-7-8-12-28(25)29)24(3)32(22)36-20-18-35(19-21-36)26-14-16-27(37-6)17-15-26/h7-17,31H,18-21H2,1-6H3. The van der Waals surface area contributed by atoms with E-state index in [4.69, 9.17) is 9.47 Å². The lowest BCUT2D eigenvalue weighted by molar-refractivity contribution is 0.121. The number of piperazine rings is 1. The molecule has 0 aliphatic carbocycles. The summed E-state index contributed by atoms with van der Waals surface area (Å²) in [7, 11) is 1.72. The highest BCUT2D eigenvalue weighted by molar-refractivity contribution is 5.87. The third kappa shape index (κ3) is 3.89. The molecule has 0 spiro atoms. The molecule has 2 aliphatic heterocycles. The fourth-order valence-corrected chi connectivity index (χ4v) is 6.77. The van der Waals surface area contributed by atoms with E-state index >= 15 is 0 Å². The fourth-order valence-electron chi connectivity index (χ4n) is 6.77. The van der Waals surface area contributed by atoms with E-state index in [1.54, 1.807) is 7.11 Å². The summed E-state index contributed by atoms with van der Waals surface area (Å²) < 4.78 is 12.1. The third-order valence-corrected chi connectivity index (χ3v) is 8.78. The molecular formula is C34H38N2O2. The van der Waals surface area contributed by atoms with Gasteiger partial charge < -0.3 is 19.3 Å². The van der Waals surface area contributed by atoms with Gasteiger partial charge in [0.1, 0.15) is 17.1 Å². The van der Waals surface area contributed by atoms with E-state index in [0.717, 1.165) is 37.7 Å². The van der Waals surface area contributed by atoms with Crippen LogP contribution in [0.5, 0.6) is 11.5 Å². The van der Waals surface area contributed by atoms with Gasteiger partial charge in [-0.25, -0.2) is 0 Å². The van der Waals surface area contributed by atoms with Crippen molar-refractivity contribution in [2.75, 3.05) is 43.1 Å². The monoisotopic (exact) mass is 506 g/mol. The number of rotatable bonds is 4. The molecule has 0 amide bonds. The Balaban J connectivity index is 1.39. The maximum atomic E-state index is 6.80. The van der Waals surface area contributed by atoms with Gasteiger partial charge in [0.2, 0.25) is 0 Å². The molecule has 2 heterocycles. The maximum Gasteiger partial charge on any atom is 0.127 e. The molecule has 4 heteroatoms. The number of fused-ring (bicyclic) bond motifs is 2. The summed E-state index contributed by atoms with van der Waals surface area (Å²) in [4.78, 5) is 5.08. The van der Waals surface area contributed by atoms with E-state index in [0.29, 0.717) is 0 Å². The van der Waals surface area contributed by atoms with Crippen molar-refractivity contribution in [3.05, 3.63) is 94.5 Å². The van der Waals surface area contributed by atoms with Gasteiger partial charge in [0.15, 0.2) is 0 Å². The van der Waals surface area contributed by atoms with Crippen LogP contribution in [0.25, 0.3) is 10.8 Å². The van der Waals surface area contributed by atoms with Crippen LogP contribution in [0.1, 0.15) is 47.6 Å². The van der Waals surface area contributed by atoms with Gasteiger partial charge in [0.05, 0.1) is 13.0 Å². The van der Waals surface area contributed by atoms with Gasteiger partial charge in [0, 0.05) is 43.1 Å². The van der Waals surface area contributed by atoms with E-state index in [-0.39, 0.29) is 11.5 Å². The molecular weight excluding hydrogens is 468 g/mol. The van der Waals surface area contributed by atoms with Crippen molar-refractivity contribution in [1.29, 1.82) is 0 Å². The number of methoxy groups -OCH3 is 1. The molecule has 0 bridgehead atoms. The van der Waals surface area contributed by atoms with Gasteiger partial charge in [0.25, 0.3) is 0 Å². The van der Waals surface area contributed by atoms with Crippen LogP contribution in [0.15, 0.2) is 66.7 Å². The average molecular weight is 507 g/mol. The summed E-state index contributed by atoms with van der Waals surface area (Å²) in [6.07, 6.45) is 0. The molecule has 0 N–H and O–H groups in total. The van der Waals surface area contributed by atoms with E-state index in [9.17, 15) is 0 Å². The summed E-state index contributed by atoms with van der Waals surface area (Å²) in [5, 5.41) is 2.60. The molecule has 1 saturated heterocycles. The van der Waals surface area contributed by atoms with Crippen LogP contribution in [-0.4, -0.2) is 38.9 Å². The minimum Gasteiger partial charge on any atom is -0.497 e. The first-order valence-electron chi connectivity index (χ1n) is 13.7. The quantitative estimate of drug-likeness (QED) is 0.288. The van der Waals surface area contributed by atoms with Crippen LogP contribution in [0.2, 0.25) is 0 Å². The van der Waals surface area contributed by atoms with Crippen molar-refractivity contribution in [1.82, 2.24) is 0 Å². The molecule has 196 valence electrons. The van der Waals surface area contributed by atoms with Gasteiger partial charge in [-0.3, -0.25) is 0 Å². The van der Waals surface area contributed by atoms with Gasteiger partial charge in [-0.15, -0.1) is 0 Å². The van der Waals surface area contributed by atoms with Crippen LogP contribution in [-0.2, 0) is 0 Å². The lowest BCUT2D eigenvalue weighted by atomic mass is 9.77. The normalized spacial score (nSPS) is 18.4. The van der Waals surface area contributed by atoms with Gasteiger partial charge >= 0.3 is 0 Å². The van der Waals surface area contributed by atoms with Gasteiger partial charge in [-0.1, -0.05) is 42.5 Å². The van der Waals surface area contributed by atoms with Gasteiger partial charge in [-0.05, 0) is 91.9 Å². The lowest BCUT2D eigenvalue weighted by Crippen LogP contribution is -2.47. The van der Waals surface area contributed by atoms with E-state index in [1.807, 2.05) is 0 Å². The summed E-state index contributed by atoms with van der Waals surface area (Å²) in [6, 6.07) is 23.9. The van der Waals surface area contributed by atoms with Crippen molar-refractivity contribution in [2.45, 2.75) is 46.1 Å². The minimum absolute atomic E-state index is 0.169. The molecule has 2 aliphatic rings. The Morgan fingerprint density at radius 1 is 0.763 bits per heavy atom. The van der Waals surface area contributed by atoms with Gasteiger partial charge in [-0.2, -0.15) is 0 Å². The lowest BCUT2D eigenvalue weighted by Gasteiger charge is -2.39. The number of ether oxygens (including phenoxy) is 2. The van der Waals surface area contributed by atoms with E-state index < -0.39 is 0 Å². The molecule has 6 rings (SSSR count). The van der Waals surface area contributed by atoms with Crippen molar-refractivity contribution < 1.29 is 9.47 Å². The number of hydrogen-bond donors (Lipinski definition) is 0. The highest BCUT2D eigenvalue weighted by atomic mass is 16.5. The largest absolute Gasteiger partial charge is 0.497 e. The van der Waals surface area contributed by atoms with Crippen molar-refractivity contribution in [3.63, 3.8) is 0 Å². The highest BCUT2D eigenvalue weighted by Gasteiger charge is 2.45. The summed E-state index contributed by atoms with van der Waals surface area (Å²) >= 11 is 0. The third-order valence-electron chi connectivity index (χ3n) is 8.78. The van der Waals surface area contributed by atoms with Crippen LogP contribution >= 0.6 is 0 Å². The number of hydrogen-bond acceptors (Lipinski definition) is 4. The molecule has 38 heavy (non-hydrogen) atoms. The molecule has 1 fully saturated rings. The van der Waals surface area contributed by atoms with E-state index in [1.165, 1.54) is 50.0 Å². The Bertz CT molecular complexity index is 1490. The highest BCUT2D eigenvalue weighted by Crippen LogP contribution is 2.55. The van der Waals surface area contributed by atoms with Crippen molar-refractivity contribution in [3.8, 4) is 11.5 Å². The number of anilines is 2.